The van der Waals surface area contributed by atoms with Crippen LogP contribution in [-0.4, -0.2) is 34.1 Å². The Kier molecular flexibility index (Phi) is 10.1. The molecule has 0 atom stereocenters. The Bertz CT molecular complexity index is 957. The Morgan fingerprint density at radius 1 is 1.03 bits per heavy atom. The number of nitrogens with one attached hydrogen (secondary N) is 3. The summed E-state index contributed by atoms with van der Waals surface area (Å²) in [6.45, 7) is 7.02. The number of halogens is 1. The van der Waals surface area contributed by atoms with E-state index in [9.17, 15) is 8.42 Å². The summed E-state index contributed by atoms with van der Waals surface area (Å²) in [7, 11) is -0.383. The van der Waals surface area contributed by atoms with Gasteiger partial charge in [-0.2, -0.15) is 0 Å². The van der Waals surface area contributed by atoms with E-state index in [2.05, 4.69) is 20.3 Å². The molecule has 0 unspecified atom stereocenters. The van der Waals surface area contributed by atoms with E-state index in [-0.39, 0.29) is 34.5 Å². The maximum atomic E-state index is 12.0. The van der Waals surface area contributed by atoms with Crippen LogP contribution in [0.5, 0.6) is 5.75 Å². The third kappa shape index (κ3) is 8.11. The van der Waals surface area contributed by atoms with Crippen molar-refractivity contribution in [2.24, 2.45) is 4.99 Å². The van der Waals surface area contributed by atoms with Crippen LogP contribution in [0.1, 0.15) is 31.9 Å². The van der Waals surface area contributed by atoms with Gasteiger partial charge in [-0.1, -0.05) is 30.3 Å². The number of aliphatic imine (C=N–C) groups is 1. The monoisotopic (exact) mass is 546 g/mol. The number of ether oxygens (including phenoxy) is 1. The van der Waals surface area contributed by atoms with E-state index in [0.717, 1.165) is 16.9 Å². The molecular weight excluding hydrogens is 515 g/mol. The lowest BCUT2D eigenvalue weighted by molar-refractivity contribution is 0.129. The fourth-order valence-electron chi connectivity index (χ4n) is 2.61. The summed E-state index contributed by atoms with van der Waals surface area (Å²) < 4.78 is 32.3. The average molecular weight is 546 g/mol. The first-order valence-corrected chi connectivity index (χ1v) is 10.9. The Labute approximate surface area is 196 Å². The van der Waals surface area contributed by atoms with Gasteiger partial charge in [0.2, 0.25) is 10.0 Å². The third-order valence-electron chi connectivity index (χ3n) is 4.00. The molecule has 3 N–H and O–H groups in total. The molecule has 2 aromatic carbocycles. The zero-order valence-corrected chi connectivity index (χ0v) is 21.2. The van der Waals surface area contributed by atoms with Gasteiger partial charge in [-0.3, -0.25) is 4.99 Å². The Balaban J connectivity index is 0.00000450. The van der Waals surface area contributed by atoms with Gasteiger partial charge in [-0.05, 0) is 51.6 Å². The standard InChI is InChI=1S/C21H30N4O3S.HI/c1-21(2,3)28-19-12-7-6-10-17(19)15-25-20(22-4)24-14-16-9-8-11-18(13-16)29(26,27)23-5;/h6-13,23H,14-15H2,1-5H3,(H2,22,24,25);1H. The normalized spacial score (nSPS) is 12.1. The van der Waals surface area contributed by atoms with Crippen molar-refractivity contribution < 1.29 is 13.2 Å². The van der Waals surface area contributed by atoms with Crippen LogP contribution in [0.15, 0.2) is 58.4 Å². The smallest absolute Gasteiger partial charge is 0.240 e. The molecule has 0 aliphatic rings. The molecule has 0 saturated carbocycles. The molecule has 9 heteroatoms. The number of hydrogen-bond acceptors (Lipinski definition) is 4. The number of para-hydroxylation sites is 1. The molecule has 7 nitrogen and oxygen atoms in total. The SMILES string of the molecule is CN=C(NCc1cccc(S(=O)(=O)NC)c1)NCc1ccccc1OC(C)(C)C.I. The Morgan fingerprint density at radius 2 is 1.70 bits per heavy atom. The van der Waals surface area contributed by atoms with Crippen molar-refractivity contribution in [1.82, 2.24) is 15.4 Å². The maximum Gasteiger partial charge on any atom is 0.240 e. The Hall–Kier alpha value is -1.85. The minimum atomic E-state index is -3.47. The van der Waals surface area contributed by atoms with Crippen molar-refractivity contribution >= 4 is 40.0 Å². The molecule has 0 heterocycles. The summed E-state index contributed by atoms with van der Waals surface area (Å²) in [6, 6.07) is 14.7. The van der Waals surface area contributed by atoms with Crippen molar-refractivity contribution in [3.63, 3.8) is 0 Å². The molecule has 2 rings (SSSR count). The molecule has 0 aromatic heterocycles. The summed E-state index contributed by atoms with van der Waals surface area (Å²) in [5, 5.41) is 6.47. The van der Waals surface area contributed by atoms with Gasteiger partial charge in [0.15, 0.2) is 5.96 Å². The van der Waals surface area contributed by atoms with Crippen LogP contribution in [0.3, 0.4) is 0 Å². The highest BCUT2D eigenvalue weighted by molar-refractivity contribution is 14.0. The largest absolute Gasteiger partial charge is 0.488 e. The first-order chi connectivity index (χ1) is 13.6. The highest BCUT2D eigenvalue weighted by Gasteiger charge is 2.15. The molecule has 0 aliphatic carbocycles. The second-order valence-corrected chi connectivity index (χ2v) is 9.34. The first kappa shape index (κ1) is 26.2. The fraction of sp³-hybridized carbons (Fsp3) is 0.381. The van der Waals surface area contributed by atoms with E-state index in [1.54, 1.807) is 25.2 Å². The lowest BCUT2D eigenvalue weighted by Gasteiger charge is -2.23. The average Bonchev–Trinajstić information content (AvgIpc) is 2.68. The molecule has 0 fully saturated rings. The lowest BCUT2D eigenvalue weighted by Crippen LogP contribution is -2.36. The fourth-order valence-corrected chi connectivity index (χ4v) is 3.41. The van der Waals surface area contributed by atoms with Gasteiger partial charge in [-0.15, -0.1) is 24.0 Å². The molecule has 0 aliphatic heterocycles. The van der Waals surface area contributed by atoms with Crippen LogP contribution in [0.25, 0.3) is 0 Å². The molecule has 0 radical (unpaired) electrons. The van der Waals surface area contributed by atoms with E-state index in [4.69, 9.17) is 4.74 Å². The predicted octanol–water partition coefficient (Wildman–Crippen LogP) is 3.26. The van der Waals surface area contributed by atoms with Crippen molar-refractivity contribution in [1.29, 1.82) is 0 Å². The van der Waals surface area contributed by atoms with Crippen molar-refractivity contribution in [3.8, 4) is 5.75 Å². The quantitative estimate of drug-likeness (QED) is 0.282. The van der Waals surface area contributed by atoms with Crippen molar-refractivity contribution in [2.75, 3.05) is 14.1 Å². The molecule has 2 aromatic rings. The van der Waals surface area contributed by atoms with E-state index in [1.807, 2.05) is 51.1 Å². The first-order valence-electron chi connectivity index (χ1n) is 9.38. The molecular formula is C21H31IN4O3S. The highest BCUT2D eigenvalue weighted by Crippen LogP contribution is 2.22. The third-order valence-corrected chi connectivity index (χ3v) is 5.41. The van der Waals surface area contributed by atoms with Crippen LogP contribution in [0.4, 0.5) is 0 Å². The summed E-state index contributed by atoms with van der Waals surface area (Å²) in [6.07, 6.45) is 0. The van der Waals surface area contributed by atoms with Crippen LogP contribution in [0.2, 0.25) is 0 Å². The number of sulfonamides is 1. The van der Waals surface area contributed by atoms with Gasteiger partial charge in [0.1, 0.15) is 11.4 Å². The molecule has 0 amide bonds. The van der Waals surface area contributed by atoms with Gasteiger partial charge in [0.05, 0.1) is 4.90 Å². The Morgan fingerprint density at radius 3 is 2.33 bits per heavy atom. The maximum absolute atomic E-state index is 12.0. The van der Waals surface area contributed by atoms with Gasteiger partial charge in [0.25, 0.3) is 0 Å². The summed E-state index contributed by atoms with van der Waals surface area (Å²) in [5.41, 5.74) is 1.57. The van der Waals surface area contributed by atoms with Gasteiger partial charge in [-0.25, -0.2) is 13.1 Å². The summed E-state index contributed by atoms with van der Waals surface area (Å²) in [4.78, 5) is 4.46. The van der Waals surface area contributed by atoms with Gasteiger partial charge < -0.3 is 15.4 Å². The lowest BCUT2D eigenvalue weighted by atomic mass is 10.1. The highest BCUT2D eigenvalue weighted by atomic mass is 127. The zero-order valence-electron chi connectivity index (χ0n) is 18.0. The topological polar surface area (TPSA) is 91.8 Å². The summed E-state index contributed by atoms with van der Waals surface area (Å²) in [5.74, 6) is 1.44. The minimum Gasteiger partial charge on any atom is -0.488 e. The van der Waals surface area contributed by atoms with E-state index in [0.29, 0.717) is 19.0 Å². The number of guanidine groups is 1. The molecule has 30 heavy (non-hydrogen) atoms. The van der Waals surface area contributed by atoms with Crippen LogP contribution >= 0.6 is 24.0 Å². The molecule has 0 bridgehead atoms. The predicted molar refractivity (Wildman–Crippen MR) is 132 cm³/mol. The van der Waals surface area contributed by atoms with E-state index in [1.165, 1.54) is 7.05 Å². The van der Waals surface area contributed by atoms with E-state index >= 15 is 0 Å². The number of hydrogen-bond donors (Lipinski definition) is 3. The second-order valence-electron chi connectivity index (χ2n) is 7.46. The van der Waals surface area contributed by atoms with Crippen molar-refractivity contribution in [2.45, 2.75) is 44.4 Å². The number of benzene rings is 2. The van der Waals surface area contributed by atoms with E-state index < -0.39 is 10.0 Å². The second kappa shape index (κ2) is 11.5. The molecule has 0 spiro atoms. The zero-order chi connectivity index (χ0) is 21.5. The summed E-state index contributed by atoms with van der Waals surface area (Å²) >= 11 is 0. The van der Waals surface area contributed by atoms with Crippen molar-refractivity contribution in [3.05, 3.63) is 59.7 Å². The molecule has 0 saturated heterocycles. The van der Waals surface area contributed by atoms with Crippen LogP contribution in [-0.2, 0) is 23.1 Å². The minimum absolute atomic E-state index is 0. The van der Waals surface area contributed by atoms with Crippen LogP contribution < -0.4 is 20.1 Å². The number of nitrogens with zero attached hydrogens (tertiary/aromatic N) is 1. The molecule has 166 valence electrons. The number of rotatable bonds is 7. The van der Waals surface area contributed by atoms with Crippen LogP contribution in [0, 0.1) is 0 Å². The van der Waals surface area contributed by atoms with Gasteiger partial charge >= 0.3 is 0 Å². The van der Waals surface area contributed by atoms with Gasteiger partial charge in [0, 0.05) is 25.7 Å².